The Bertz CT molecular complexity index is 286. The van der Waals surface area contributed by atoms with Crippen LogP contribution in [0.4, 0.5) is 0 Å². The van der Waals surface area contributed by atoms with Gasteiger partial charge in [-0.05, 0) is 0 Å². The molecule has 2 aliphatic rings. The lowest BCUT2D eigenvalue weighted by atomic mass is 10.00. The van der Waals surface area contributed by atoms with E-state index in [2.05, 4.69) is 14.1 Å². The fourth-order valence-electron chi connectivity index (χ4n) is 2.80. The second kappa shape index (κ2) is 3.55. The number of rotatable bonds is 1. The van der Waals surface area contributed by atoms with Crippen LogP contribution < -0.4 is 12.4 Å². The topological polar surface area (TPSA) is 37.3 Å². The number of hydrogen-bond acceptors (Lipinski definition) is 1. The Balaban J connectivity index is 0.000000980. The number of aliphatic carboxylic acids is 1. The first-order chi connectivity index (χ1) is 6.03. The van der Waals surface area contributed by atoms with Gasteiger partial charge in [-0.2, -0.15) is 0 Å². The molecule has 14 heavy (non-hydrogen) atoms. The first kappa shape index (κ1) is 11.5. The lowest BCUT2D eigenvalue weighted by Crippen LogP contribution is -3.00. The molecule has 1 N–H and O–H groups in total. The van der Waals surface area contributed by atoms with E-state index in [-0.39, 0.29) is 18.4 Å². The largest absolute Gasteiger partial charge is 1.00 e. The van der Waals surface area contributed by atoms with Gasteiger partial charge in [0.1, 0.15) is 6.04 Å². The number of carbonyl (C=O) groups is 1. The minimum atomic E-state index is -0.725. The molecule has 2 rings (SSSR count). The summed E-state index contributed by atoms with van der Waals surface area (Å²) in [5.74, 6) is -0.725. The maximum absolute atomic E-state index is 11.0. The minimum Gasteiger partial charge on any atom is -1.00 e. The second-order valence-electron chi connectivity index (χ2n) is 4.58. The Morgan fingerprint density at radius 2 is 2.14 bits per heavy atom. The van der Waals surface area contributed by atoms with Crippen LogP contribution in [0, 0.1) is 0 Å². The number of carboxylic acids is 1. The van der Waals surface area contributed by atoms with Crippen molar-refractivity contribution in [3.63, 3.8) is 0 Å². The molecule has 0 aromatic rings. The first-order valence-corrected chi connectivity index (χ1v) is 4.80. The highest BCUT2D eigenvalue weighted by Gasteiger charge is 2.48. The van der Waals surface area contributed by atoms with E-state index in [0.717, 1.165) is 17.3 Å². The molecule has 3 nitrogen and oxygen atoms in total. The van der Waals surface area contributed by atoms with Crippen LogP contribution in [0.15, 0.2) is 11.6 Å². The molecule has 2 aliphatic heterocycles. The molecule has 0 aromatic carbocycles. The molecule has 2 atom stereocenters. The molecule has 1 saturated heterocycles. The third-order valence-electron chi connectivity index (χ3n) is 3.73. The summed E-state index contributed by atoms with van der Waals surface area (Å²) in [5, 5.41) is 9.01. The zero-order valence-electron chi connectivity index (χ0n) is 8.53. The molecule has 80 valence electrons. The number of halogens is 1. The summed E-state index contributed by atoms with van der Waals surface area (Å²) in [6, 6.07) is 0.879. The molecule has 1 fully saturated rings. The average Bonchev–Trinajstić information content (AvgIpc) is 2.27. The van der Waals surface area contributed by atoms with Crippen LogP contribution in [-0.2, 0) is 4.79 Å². The highest BCUT2D eigenvalue weighted by Crippen LogP contribution is 2.39. The number of nitrogens with zero attached hydrogens (tertiary/aromatic N) is 1. The molecule has 0 aliphatic carbocycles. The van der Waals surface area contributed by atoms with Gasteiger partial charge < -0.3 is 22.0 Å². The van der Waals surface area contributed by atoms with E-state index in [1.165, 1.54) is 6.42 Å². The standard InChI is InChI=1S/C10H15NO2.ClH/c1-11(2)7-3-5-8(10(12)13)9(11)6-4-7;/h5,7,9H,3-4,6H2,1-2H3;1H. The van der Waals surface area contributed by atoms with Crippen molar-refractivity contribution in [2.45, 2.75) is 31.3 Å². The first-order valence-electron chi connectivity index (χ1n) is 4.80. The SMILES string of the molecule is C[N+]1(C)C2CC=C(C(=O)O)C1CC2.[Cl-]. The van der Waals surface area contributed by atoms with Gasteiger partial charge in [0.05, 0.1) is 25.7 Å². The van der Waals surface area contributed by atoms with Gasteiger partial charge >= 0.3 is 5.97 Å². The van der Waals surface area contributed by atoms with Crippen molar-refractivity contribution in [1.29, 1.82) is 0 Å². The number of likely N-dealkylation sites (N-methyl/N-ethyl adjacent to an activating group) is 1. The van der Waals surface area contributed by atoms with Crippen molar-refractivity contribution >= 4 is 5.97 Å². The maximum atomic E-state index is 11.0. The second-order valence-corrected chi connectivity index (χ2v) is 4.58. The van der Waals surface area contributed by atoms with Crippen LogP contribution in [0.1, 0.15) is 19.3 Å². The van der Waals surface area contributed by atoms with Crippen molar-refractivity contribution in [2.75, 3.05) is 14.1 Å². The van der Waals surface area contributed by atoms with E-state index in [0.29, 0.717) is 11.6 Å². The highest BCUT2D eigenvalue weighted by atomic mass is 35.5. The van der Waals surface area contributed by atoms with E-state index in [9.17, 15) is 4.79 Å². The lowest BCUT2D eigenvalue weighted by Gasteiger charge is -2.40. The molecule has 4 heteroatoms. The highest BCUT2D eigenvalue weighted by molar-refractivity contribution is 5.88. The quantitative estimate of drug-likeness (QED) is 0.517. The molecule has 0 radical (unpaired) electrons. The van der Waals surface area contributed by atoms with E-state index < -0.39 is 5.97 Å². The predicted molar refractivity (Wildman–Crippen MR) is 49.3 cm³/mol. The van der Waals surface area contributed by atoms with E-state index in [4.69, 9.17) is 5.11 Å². The smallest absolute Gasteiger partial charge is 0.337 e. The molecule has 2 bridgehead atoms. The van der Waals surface area contributed by atoms with Crippen LogP contribution in [0.3, 0.4) is 0 Å². The molecule has 0 amide bonds. The monoisotopic (exact) mass is 217 g/mol. The van der Waals surface area contributed by atoms with Crippen molar-refractivity contribution in [2.24, 2.45) is 0 Å². The number of carboxylic acid groups (broad SMARTS) is 1. The summed E-state index contributed by atoms with van der Waals surface area (Å²) >= 11 is 0. The predicted octanol–water partition coefficient (Wildman–Crippen LogP) is -1.99. The van der Waals surface area contributed by atoms with Gasteiger partial charge in [-0.1, -0.05) is 6.08 Å². The average molecular weight is 218 g/mol. The Morgan fingerprint density at radius 1 is 1.50 bits per heavy atom. The van der Waals surface area contributed by atoms with Gasteiger partial charge in [-0.3, -0.25) is 0 Å². The molecule has 2 unspecified atom stereocenters. The summed E-state index contributed by atoms with van der Waals surface area (Å²) in [5.41, 5.74) is 0.638. The zero-order valence-corrected chi connectivity index (χ0v) is 9.29. The zero-order chi connectivity index (χ0) is 9.64. The third-order valence-corrected chi connectivity index (χ3v) is 3.73. The number of hydrogen-bond donors (Lipinski definition) is 1. The fraction of sp³-hybridized carbons (Fsp3) is 0.700. The van der Waals surface area contributed by atoms with Gasteiger partial charge in [-0.15, -0.1) is 0 Å². The number of quaternary nitrogens is 1. The van der Waals surface area contributed by atoms with Crippen molar-refractivity contribution in [3.8, 4) is 0 Å². The van der Waals surface area contributed by atoms with E-state index in [1.54, 1.807) is 0 Å². The van der Waals surface area contributed by atoms with Gasteiger partial charge in [0.2, 0.25) is 0 Å². The normalized spacial score (nSPS) is 33.1. The lowest BCUT2D eigenvalue weighted by molar-refractivity contribution is -0.921. The summed E-state index contributed by atoms with van der Waals surface area (Å²) in [7, 11) is 4.30. The van der Waals surface area contributed by atoms with Gasteiger partial charge in [0.15, 0.2) is 0 Å². The molecule has 0 spiro atoms. The summed E-state index contributed by atoms with van der Waals surface area (Å²) in [6.45, 7) is 0. The summed E-state index contributed by atoms with van der Waals surface area (Å²) in [6.07, 6.45) is 5.07. The molecular formula is C10H16ClNO2. The Labute approximate surface area is 90.4 Å². The Kier molecular flexibility index (Phi) is 2.93. The maximum Gasteiger partial charge on any atom is 0.337 e. The van der Waals surface area contributed by atoms with Crippen molar-refractivity contribution in [1.82, 2.24) is 0 Å². The number of fused-ring (bicyclic) bond motifs is 2. The van der Waals surface area contributed by atoms with Crippen LogP contribution in [0.5, 0.6) is 0 Å². The Morgan fingerprint density at radius 3 is 2.71 bits per heavy atom. The fourth-order valence-corrected chi connectivity index (χ4v) is 2.80. The minimum absolute atomic E-state index is 0. The molecule has 2 heterocycles. The third kappa shape index (κ3) is 1.44. The molecule has 0 saturated carbocycles. The van der Waals surface area contributed by atoms with Crippen LogP contribution in [0.25, 0.3) is 0 Å². The van der Waals surface area contributed by atoms with Gasteiger partial charge in [0, 0.05) is 19.3 Å². The molecular weight excluding hydrogens is 202 g/mol. The van der Waals surface area contributed by atoms with Crippen molar-refractivity contribution in [3.05, 3.63) is 11.6 Å². The van der Waals surface area contributed by atoms with Gasteiger partial charge in [-0.25, -0.2) is 4.79 Å². The van der Waals surface area contributed by atoms with Crippen molar-refractivity contribution < 1.29 is 26.8 Å². The van der Waals surface area contributed by atoms with Crippen LogP contribution in [-0.4, -0.2) is 41.7 Å². The van der Waals surface area contributed by atoms with Gasteiger partial charge in [0.25, 0.3) is 0 Å². The van der Waals surface area contributed by atoms with Crippen LogP contribution >= 0.6 is 0 Å². The summed E-state index contributed by atoms with van der Waals surface area (Å²) in [4.78, 5) is 11.0. The van der Waals surface area contributed by atoms with E-state index in [1.807, 2.05) is 6.08 Å². The Hall–Kier alpha value is -0.540. The molecule has 0 aromatic heterocycles. The van der Waals surface area contributed by atoms with E-state index >= 15 is 0 Å². The van der Waals surface area contributed by atoms with Crippen LogP contribution in [0.2, 0.25) is 0 Å². The summed E-state index contributed by atoms with van der Waals surface area (Å²) < 4.78 is 0.873.